The van der Waals surface area contributed by atoms with E-state index in [-0.39, 0.29) is 0 Å². The predicted molar refractivity (Wildman–Crippen MR) is 413 cm³/mol. The Morgan fingerprint density at radius 2 is 0.580 bits per heavy atom. The Bertz CT molecular complexity index is 5820. The number of hydrogen-bond acceptors (Lipinski definition) is 6. The number of fused-ring (bicyclic) bond motifs is 4. The maximum atomic E-state index is 5.46. The van der Waals surface area contributed by atoms with Crippen molar-refractivity contribution in [3.8, 4) is 141 Å². The lowest BCUT2D eigenvalue weighted by molar-refractivity contribution is 1.00. The highest BCUT2D eigenvalue weighted by Gasteiger charge is 2.22. The van der Waals surface area contributed by atoms with Gasteiger partial charge in [-0.15, -0.1) is 0 Å². The largest absolute Gasteiger partial charge is 0.297 e. The molecular weight excluding hydrogens is 1220 g/mol. The van der Waals surface area contributed by atoms with Crippen LogP contribution in [0.15, 0.2) is 352 Å². The predicted octanol–water partition coefficient (Wildman–Crippen LogP) is 23.8. The average molecular weight is 1280 g/mol. The van der Waals surface area contributed by atoms with Crippen LogP contribution in [0.3, 0.4) is 0 Å². The van der Waals surface area contributed by atoms with Crippen molar-refractivity contribution in [1.29, 1.82) is 0 Å². The molecule has 0 amide bonds. The van der Waals surface area contributed by atoms with E-state index in [0.717, 1.165) is 112 Å². The second-order valence-corrected chi connectivity index (χ2v) is 25.4. The minimum atomic E-state index is 0.420. The van der Waals surface area contributed by atoms with Gasteiger partial charge in [0.25, 0.3) is 0 Å². The van der Waals surface area contributed by atoms with Gasteiger partial charge < -0.3 is 0 Å². The molecule has 18 rings (SSSR count). The van der Waals surface area contributed by atoms with Gasteiger partial charge in [-0.3, -0.25) is 4.57 Å². The van der Waals surface area contributed by atoms with Crippen molar-refractivity contribution in [3.05, 3.63) is 358 Å². The summed E-state index contributed by atoms with van der Waals surface area (Å²) >= 11 is 0. The third-order valence-corrected chi connectivity index (χ3v) is 19.1. The first kappa shape index (κ1) is 59.2. The van der Waals surface area contributed by atoms with Crippen LogP contribution in [0.5, 0.6) is 0 Å². The SMILES string of the molecule is Cc1nc2cc(-c3cccc(-c4cc(-c5ccccc5)cc(-c5nc(-c6cc(-c7ccccc7)cc(-c7ccccc7)n6)nc(-c6cc(-c7ccccc7)cc(-c7ccccc7)n6)n5)c4)c3)ccc2n1-c1ccc(-c2c3ccccc3c(-c3ccc4ccccc4c3)c3ccccc23)cc1. The van der Waals surface area contributed by atoms with Crippen LogP contribution in [0.1, 0.15) is 5.82 Å². The van der Waals surface area contributed by atoms with Crippen LogP contribution in [0.25, 0.3) is 184 Å². The van der Waals surface area contributed by atoms with Gasteiger partial charge in [-0.05, 0) is 196 Å². The summed E-state index contributed by atoms with van der Waals surface area (Å²) in [5.41, 5.74) is 23.8. The maximum absolute atomic E-state index is 5.46. The number of rotatable bonds is 13. The van der Waals surface area contributed by atoms with Gasteiger partial charge in [0.05, 0.1) is 22.4 Å². The Morgan fingerprint density at radius 1 is 0.210 bits per heavy atom. The molecule has 4 heterocycles. The highest BCUT2D eigenvalue weighted by atomic mass is 15.1. The first-order valence-corrected chi connectivity index (χ1v) is 33.8. The summed E-state index contributed by atoms with van der Waals surface area (Å²) in [4.78, 5) is 32.3. The topological polar surface area (TPSA) is 82.3 Å². The third-order valence-electron chi connectivity index (χ3n) is 19.1. The van der Waals surface area contributed by atoms with Crippen LogP contribution in [-0.2, 0) is 0 Å². The first-order chi connectivity index (χ1) is 49.4. The second kappa shape index (κ2) is 25.3. The average Bonchev–Trinajstić information content (AvgIpc) is 0.814. The van der Waals surface area contributed by atoms with Gasteiger partial charge in [-0.25, -0.2) is 29.9 Å². The molecule has 0 aliphatic carbocycles. The summed E-state index contributed by atoms with van der Waals surface area (Å²) in [7, 11) is 0. The van der Waals surface area contributed by atoms with E-state index in [0.29, 0.717) is 28.9 Å². The monoisotopic (exact) mass is 1280 g/mol. The van der Waals surface area contributed by atoms with E-state index in [4.69, 9.17) is 29.9 Å². The molecule has 100 heavy (non-hydrogen) atoms. The van der Waals surface area contributed by atoms with Crippen molar-refractivity contribution in [2.24, 2.45) is 0 Å². The molecule has 7 nitrogen and oxygen atoms in total. The molecule has 7 heteroatoms. The van der Waals surface area contributed by atoms with Gasteiger partial charge in [0.2, 0.25) is 0 Å². The minimum Gasteiger partial charge on any atom is -0.297 e. The fourth-order valence-electron chi connectivity index (χ4n) is 14.3. The fraction of sp³-hybridized carbons (Fsp3) is 0.0108. The summed E-state index contributed by atoms with van der Waals surface area (Å²) in [5, 5.41) is 7.39. The van der Waals surface area contributed by atoms with Crippen LogP contribution in [0, 0.1) is 6.92 Å². The highest BCUT2D eigenvalue weighted by Crippen LogP contribution is 2.45. The summed E-state index contributed by atoms with van der Waals surface area (Å²) in [6.07, 6.45) is 0. The third kappa shape index (κ3) is 11.2. The first-order valence-electron chi connectivity index (χ1n) is 33.8. The van der Waals surface area contributed by atoms with E-state index in [1.165, 1.54) is 49.0 Å². The van der Waals surface area contributed by atoms with Crippen molar-refractivity contribution in [1.82, 2.24) is 34.5 Å². The van der Waals surface area contributed by atoms with E-state index in [2.05, 4.69) is 315 Å². The normalized spacial score (nSPS) is 11.4. The second-order valence-electron chi connectivity index (χ2n) is 25.4. The molecule has 4 aromatic heterocycles. The summed E-state index contributed by atoms with van der Waals surface area (Å²) in [6, 6.07) is 125. The molecule has 0 radical (unpaired) electrons. The zero-order chi connectivity index (χ0) is 66.5. The molecular formula is C93H61N7. The molecule has 0 unspecified atom stereocenters. The van der Waals surface area contributed by atoms with Crippen molar-refractivity contribution < 1.29 is 0 Å². The molecule has 0 bridgehead atoms. The standard InChI is InChI=1S/C93H61N7/c1-60-94-85-55-71(46-49-88(85)100(60)78-47-44-67(45-48-78)89-79-38-19-21-40-81(79)90(82-41-22-20-39-80(82)89)72-43-42-64-30-17-18-35-68(64)51-72)69-36-23-37-70(50-69)74-52-73(61-24-7-2-8-25-61)53-77(54-74)91-97-92(86-58-75(62-26-9-3-10-27-62)56-83(95-86)65-31-13-5-14-32-65)99-93(98-91)87-59-76(63-28-11-4-12-29-63)57-84(96-87)66-33-15-6-16-34-66/h2-59H,1H3. The number of nitrogens with zero attached hydrogens (tertiary/aromatic N) is 7. The Kier molecular flexibility index (Phi) is 15.0. The summed E-state index contributed by atoms with van der Waals surface area (Å²) in [6.45, 7) is 2.09. The van der Waals surface area contributed by atoms with Crippen LogP contribution >= 0.6 is 0 Å². The Hall–Kier alpha value is -13.4. The summed E-state index contributed by atoms with van der Waals surface area (Å²) in [5.74, 6) is 2.23. The Balaban J connectivity index is 0.737. The zero-order valence-electron chi connectivity index (χ0n) is 54.6. The van der Waals surface area contributed by atoms with E-state index < -0.39 is 0 Å². The molecule has 0 aliphatic heterocycles. The van der Waals surface area contributed by atoms with E-state index in [1.807, 2.05) is 48.5 Å². The van der Waals surface area contributed by atoms with Crippen molar-refractivity contribution in [3.63, 3.8) is 0 Å². The minimum absolute atomic E-state index is 0.420. The number of benzene rings is 14. The number of imidazole rings is 1. The molecule has 0 fully saturated rings. The highest BCUT2D eigenvalue weighted by molar-refractivity contribution is 6.21. The molecule has 0 N–H and O–H groups in total. The fourth-order valence-corrected chi connectivity index (χ4v) is 14.3. The number of aromatic nitrogens is 7. The maximum Gasteiger partial charge on any atom is 0.182 e. The number of aryl methyl sites for hydroxylation is 1. The van der Waals surface area contributed by atoms with E-state index in [9.17, 15) is 0 Å². The Morgan fingerprint density at radius 3 is 1.11 bits per heavy atom. The molecule has 0 spiro atoms. The molecule has 0 saturated heterocycles. The number of pyridine rings is 2. The van der Waals surface area contributed by atoms with Crippen LogP contribution in [-0.4, -0.2) is 34.5 Å². The molecule has 0 aliphatic rings. The van der Waals surface area contributed by atoms with Gasteiger partial charge in [0.1, 0.15) is 17.2 Å². The van der Waals surface area contributed by atoms with E-state index in [1.54, 1.807) is 0 Å². The Labute approximate surface area is 579 Å². The molecule has 0 saturated carbocycles. The molecule has 14 aromatic carbocycles. The van der Waals surface area contributed by atoms with Gasteiger partial charge in [-0.2, -0.15) is 0 Å². The van der Waals surface area contributed by atoms with Gasteiger partial charge in [-0.1, -0.05) is 273 Å². The quantitative estimate of drug-likeness (QED) is 0.107. The smallest absolute Gasteiger partial charge is 0.182 e. The van der Waals surface area contributed by atoms with E-state index >= 15 is 0 Å². The lowest BCUT2D eigenvalue weighted by Crippen LogP contribution is -2.04. The van der Waals surface area contributed by atoms with Crippen molar-refractivity contribution in [2.75, 3.05) is 0 Å². The molecule has 18 aromatic rings. The van der Waals surface area contributed by atoms with Gasteiger partial charge in [0, 0.05) is 22.4 Å². The molecule has 468 valence electrons. The van der Waals surface area contributed by atoms with Crippen molar-refractivity contribution in [2.45, 2.75) is 6.92 Å². The lowest BCUT2D eigenvalue weighted by atomic mass is 9.85. The van der Waals surface area contributed by atoms with Crippen LogP contribution in [0.2, 0.25) is 0 Å². The molecule has 0 atom stereocenters. The number of hydrogen-bond donors (Lipinski definition) is 0. The van der Waals surface area contributed by atoms with Gasteiger partial charge >= 0.3 is 0 Å². The van der Waals surface area contributed by atoms with Gasteiger partial charge in [0.15, 0.2) is 17.5 Å². The summed E-state index contributed by atoms with van der Waals surface area (Å²) < 4.78 is 2.27. The van der Waals surface area contributed by atoms with Crippen LogP contribution in [0.4, 0.5) is 0 Å². The lowest BCUT2D eigenvalue weighted by Gasteiger charge is -2.18. The van der Waals surface area contributed by atoms with Crippen molar-refractivity contribution >= 4 is 43.4 Å². The zero-order valence-corrected chi connectivity index (χ0v) is 54.6. The van der Waals surface area contributed by atoms with Crippen LogP contribution < -0.4 is 0 Å².